The molecule has 1 N–H and O–H groups in total. The molecule has 1 heterocycles. The number of ether oxygens (including phenoxy) is 1. The van der Waals surface area contributed by atoms with Gasteiger partial charge in [-0.2, -0.15) is 11.3 Å². The third-order valence-electron chi connectivity index (χ3n) is 3.63. The van der Waals surface area contributed by atoms with Crippen LogP contribution in [0.3, 0.4) is 0 Å². The molecule has 126 valence electrons. The molecule has 1 atom stereocenters. The van der Waals surface area contributed by atoms with Gasteiger partial charge in [0.15, 0.2) is 0 Å². The van der Waals surface area contributed by atoms with E-state index < -0.39 is 10.0 Å². The van der Waals surface area contributed by atoms with Crippen LogP contribution in [0.15, 0.2) is 39.9 Å². The number of sulfonamides is 1. The molecule has 0 aliphatic carbocycles. The Labute approximate surface area is 142 Å². The number of hydrogen-bond donors (Lipinski definition) is 1. The number of hydrogen-bond acceptors (Lipinski definition) is 5. The summed E-state index contributed by atoms with van der Waals surface area (Å²) in [4.78, 5) is 2.17. The summed E-state index contributed by atoms with van der Waals surface area (Å²) in [6.45, 7) is 2.15. The fraction of sp³-hybridized carbons (Fsp3) is 0.375. The van der Waals surface area contributed by atoms with Crippen LogP contribution in [-0.4, -0.2) is 41.1 Å². The minimum absolute atomic E-state index is 0.0215. The van der Waals surface area contributed by atoms with Gasteiger partial charge in [-0.3, -0.25) is 0 Å². The average Bonchev–Trinajstić information content (AvgIpc) is 3.01. The minimum Gasteiger partial charge on any atom is -0.495 e. The Kier molecular flexibility index (Phi) is 5.80. The highest BCUT2D eigenvalue weighted by Gasteiger charge is 2.23. The first-order valence-corrected chi connectivity index (χ1v) is 9.60. The monoisotopic (exact) mass is 354 g/mol. The summed E-state index contributed by atoms with van der Waals surface area (Å²) in [5.41, 5.74) is 1.96. The normalized spacial score (nSPS) is 13.3. The van der Waals surface area contributed by atoms with Crippen molar-refractivity contribution in [2.24, 2.45) is 0 Å². The lowest BCUT2D eigenvalue weighted by atomic mass is 10.1. The zero-order valence-electron chi connectivity index (χ0n) is 13.7. The summed E-state index contributed by atoms with van der Waals surface area (Å²) in [5, 5.41) is 4.02. The summed E-state index contributed by atoms with van der Waals surface area (Å²) in [5.74, 6) is 0.347. The van der Waals surface area contributed by atoms with Crippen molar-refractivity contribution in [2.75, 3.05) is 27.7 Å². The van der Waals surface area contributed by atoms with Gasteiger partial charge in [-0.1, -0.05) is 6.07 Å². The molecular formula is C16H22N2O3S2. The van der Waals surface area contributed by atoms with Gasteiger partial charge in [-0.05, 0) is 61.1 Å². The van der Waals surface area contributed by atoms with Crippen LogP contribution in [-0.2, 0) is 10.0 Å². The van der Waals surface area contributed by atoms with E-state index in [0.29, 0.717) is 12.3 Å². The maximum Gasteiger partial charge on any atom is 0.244 e. The van der Waals surface area contributed by atoms with Crippen molar-refractivity contribution >= 4 is 21.4 Å². The Morgan fingerprint density at radius 3 is 2.61 bits per heavy atom. The number of likely N-dealkylation sites (N-methyl/N-ethyl adjacent to an activating group) is 1. The fourth-order valence-electron chi connectivity index (χ4n) is 2.32. The lowest BCUT2D eigenvalue weighted by Gasteiger charge is -2.24. The molecule has 0 amide bonds. The summed E-state index contributed by atoms with van der Waals surface area (Å²) in [7, 11) is 1.70. The molecule has 1 aromatic heterocycles. The first-order valence-electron chi connectivity index (χ1n) is 7.18. The second kappa shape index (κ2) is 7.44. The summed E-state index contributed by atoms with van der Waals surface area (Å²) >= 11 is 1.60. The molecule has 0 spiro atoms. The maximum absolute atomic E-state index is 12.7. The van der Waals surface area contributed by atoms with Gasteiger partial charge < -0.3 is 9.64 Å². The number of aryl methyl sites for hydroxylation is 1. The molecule has 0 saturated heterocycles. The highest BCUT2D eigenvalue weighted by atomic mass is 32.2. The van der Waals surface area contributed by atoms with Gasteiger partial charge in [0, 0.05) is 12.6 Å². The van der Waals surface area contributed by atoms with Crippen LogP contribution in [0.25, 0.3) is 0 Å². The van der Waals surface area contributed by atoms with Gasteiger partial charge in [-0.25, -0.2) is 13.1 Å². The van der Waals surface area contributed by atoms with Crippen molar-refractivity contribution in [3.8, 4) is 5.75 Å². The van der Waals surface area contributed by atoms with Crippen molar-refractivity contribution in [1.82, 2.24) is 9.62 Å². The van der Waals surface area contributed by atoms with E-state index >= 15 is 0 Å². The highest BCUT2D eigenvalue weighted by molar-refractivity contribution is 7.89. The van der Waals surface area contributed by atoms with Gasteiger partial charge in [-0.15, -0.1) is 0 Å². The Bertz CT molecular complexity index is 741. The van der Waals surface area contributed by atoms with Gasteiger partial charge in [0.1, 0.15) is 10.6 Å². The lowest BCUT2D eigenvalue weighted by molar-refractivity contribution is 0.300. The van der Waals surface area contributed by atoms with Crippen LogP contribution < -0.4 is 9.46 Å². The van der Waals surface area contributed by atoms with E-state index in [2.05, 4.69) is 4.72 Å². The minimum atomic E-state index is -3.64. The number of benzene rings is 1. The van der Waals surface area contributed by atoms with E-state index in [1.54, 1.807) is 23.5 Å². The van der Waals surface area contributed by atoms with Crippen LogP contribution >= 0.6 is 11.3 Å². The molecule has 0 fully saturated rings. The Hall–Kier alpha value is -1.41. The standard InChI is InChI=1S/C16H22N2O3S2/c1-12-5-6-15(21-4)16(9-12)23(19,20)17-10-14(18(2)3)13-7-8-22-11-13/h5-9,11,14,17H,10H2,1-4H3/t14-/m1/s1. The molecule has 7 heteroatoms. The molecule has 0 bridgehead atoms. The Morgan fingerprint density at radius 1 is 1.30 bits per heavy atom. The third kappa shape index (κ3) is 4.32. The number of methoxy groups -OCH3 is 1. The molecule has 0 radical (unpaired) electrons. The van der Waals surface area contributed by atoms with Crippen molar-refractivity contribution in [3.05, 3.63) is 46.2 Å². The molecule has 0 unspecified atom stereocenters. The molecule has 2 aromatic rings. The van der Waals surface area contributed by atoms with Gasteiger partial charge in [0.25, 0.3) is 0 Å². The van der Waals surface area contributed by atoms with E-state index in [9.17, 15) is 8.42 Å². The Morgan fingerprint density at radius 2 is 2.04 bits per heavy atom. The molecule has 0 aliphatic heterocycles. The molecule has 23 heavy (non-hydrogen) atoms. The van der Waals surface area contributed by atoms with Crippen molar-refractivity contribution in [1.29, 1.82) is 0 Å². The van der Waals surface area contributed by atoms with Gasteiger partial charge in [0.2, 0.25) is 10.0 Å². The third-order valence-corrected chi connectivity index (χ3v) is 5.77. The molecule has 1 aromatic carbocycles. The maximum atomic E-state index is 12.7. The van der Waals surface area contributed by atoms with E-state index in [1.807, 2.05) is 48.8 Å². The first kappa shape index (κ1) is 17.9. The van der Waals surface area contributed by atoms with E-state index in [1.165, 1.54) is 7.11 Å². The summed E-state index contributed by atoms with van der Waals surface area (Å²) in [6, 6.07) is 7.11. The van der Waals surface area contributed by atoms with Crippen LogP contribution in [0.1, 0.15) is 17.2 Å². The number of rotatable bonds is 7. The first-order chi connectivity index (χ1) is 10.8. The number of thiophene rings is 1. The average molecular weight is 354 g/mol. The number of nitrogens with zero attached hydrogens (tertiary/aromatic N) is 1. The van der Waals surface area contributed by atoms with Crippen molar-refractivity contribution in [3.63, 3.8) is 0 Å². The SMILES string of the molecule is COc1ccc(C)cc1S(=O)(=O)NC[C@H](c1ccsc1)N(C)C. The molecule has 0 saturated carbocycles. The molecule has 0 aliphatic rings. The summed E-state index contributed by atoms with van der Waals surface area (Å²) < 4.78 is 33.2. The van der Waals surface area contributed by atoms with Crippen LogP contribution in [0.5, 0.6) is 5.75 Å². The van der Waals surface area contributed by atoms with Crippen LogP contribution in [0, 0.1) is 6.92 Å². The van der Waals surface area contributed by atoms with Crippen LogP contribution in [0.4, 0.5) is 0 Å². The highest BCUT2D eigenvalue weighted by Crippen LogP contribution is 2.26. The molecule has 5 nitrogen and oxygen atoms in total. The second-order valence-corrected chi connectivity index (χ2v) is 8.06. The predicted molar refractivity (Wildman–Crippen MR) is 93.7 cm³/mol. The topological polar surface area (TPSA) is 58.6 Å². The van der Waals surface area contributed by atoms with Crippen molar-refractivity contribution in [2.45, 2.75) is 17.9 Å². The van der Waals surface area contributed by atoms with Gasteiger partial charge >= 0.3 is 0 Å². The van der Waals surface area contributed by atoms with E-state index in [0.717, 1.165) is 11.1 Å². The van der Waals surface area contributed by atoms with Gasteiger partial charge in [0.05, 0.1) is 7.11 Å². The van der Waals surface area contributed by atoms with E-state index in [4.69, 9.17) is 4.74 Å². The van der Waals surface area contributed by atoms with Crippen LogP contribution in [0.2, 0.25) is 0 Å². The Balaban J connectivity index is 2.23. The smallest absolute Gasteiger partial charge is 0.244 e. The molecule has 2 rings (SSSR count). The second-order valence-electron chi connectivity index (χ2n) is 5.54. The fourth-order valence-corrected chi connectivity index (χ4v) is 4.32. The quantitative estimate of drug-likeness (QED) is 0.830. The largest absolute Gasteiger partial charge is 0.495 e. The number of nitrogens with one attached hydrogen (secondary N) is 1. The van der Waals surface area contributed by atoms with E-state index in [-0.39, 0.29) is 10.9 Å². The van der Waals surface area contributed by atoms with Crippen molar-refractivity contribution < 1.29 is 13.2 Å². The molecular weight excluding hydrogens is 332 g/mol. The lowest BCUT2D eigenvalue weighted by Crippen LogP contribution is -2.34. The zero-order valence-corrected chi connectivity index (χ0v) is 15.4. The zero-order chi connectivity index (χ0) is 17.0. The predicted octanol–water partition coefficient (Wildman–Crippen LogP) is 2.65. The summed E-state index contributed by atoms with van der Waals surface area (Å²) in [6.07, 6.45) is 0.